The van der Waals surface area contributed by atoms with Crippen molar-refractivity contribution < 1.29 is 33.5 Å². The number of methoxy groups -OCH3 is 1. The molecule has 1 aromatic carbocycles. The van der Waals surface area contributed by atoms with Crippen molar-refractivity contribution in [1.82, 2.24) is 9.47 Å². The first-order valence-corrected chi connectivity index (χ1v) is 12.8. The second-order valence-electron chi connectivity index (χ2n) is 8.72. The van der Waals surface area contributed by atoms with Gasteiger partial charge in [-0.3, -0.25) is 4.90 Å². The van der Waals surface area contributed by atoms with Crippen LogP contribution in [-0.2, 0) is 20.5 Å². The van der Waals surface area contributed by atoms with Crippen LogP contribution in [-0.4, -0.2) is 56.9 Å². The van der Waals surface area contributed by atoms with Crippen molar-refractivity contribution in [1.29, 1.82) is 0 Å². The molecule has 2 atom stereocenters. The van der Waals surface area contributed by atoms with Gasteiger partial charge in [-0.1, -0.05) is 6.92 Å². The Kier molecular flexibility index (Phi) is 6.46. The number of fused-ring (bicyclic) bond motifs is 3. The van der Waals surface area contributed by atoms with Gasteiger partial charge in [0.2, 0.25) is 0 Å². The highest BCUT2D eigenvalue weighted by molar-refractivity contribution is 7.45. The number of ether oxygens (including phenoxy) is 2. The predicted molar refractivity (Wildman–Crippen MR) is 124 cm³/mol. The van der Waals surface area contributed by atoms with Crippen LogP contribution >= 0.6 is 7.82 Å². The molecule has 0 amide bonds. The van der Waals surface area contributed by atoms with E-state index < -0.39 is 7.82 Å². The summed E-state index contributed by atoms with van der Waals surface area (Å²) in [6.45, 7) is 6.74. The van der Waals surface area contributed by atoms with E-state index in [-0.39, 0.29) is 11.4 Å². The van der Waals surface area contributed by atoms with Crippen molar-refractivity contribution in [3.8, 4) is 5.75 Å². The average Bonchev–Trinajstić information content (AvgIpc) is 3.11. The summed E-state index contributed by atoms with van der Waals surface area (Å²) in [5, 5.41) is 1.21. The highest BCUT2D eigenvalue weighted by Gasteiger charge is 2.51. The molecule has 0 spiro atoms. The van der Waals surface area contributed by atoms with E-state index in [0.717, 1.165) is 43.6 Å². The fraction of sp³-hybridized carbons (Fsp3) is 0.522. The molecule has 0 radical (unpaired) electrons. The van der Waals surface area contributed by atoms with Crippen LogP contribution in [0.3, 0.4) is 0 Å². The minimum absolute atomic E-state index is 0.00395. The summed E-state index contributed by atoms with van der Waals surface area (Å²) in [6, 6.07) is 6.54. The lowest BCUT2D eigenvalue weighted by molar-refractivity contribution is -0.136. The van der Waals surface area contributed by atoms with Crippen LogP contribution in [0.1, 0.15) is 50.4 Å². The van der Waals surface area contributed by atoms with Crippen molar-refractivity contribution in [3.63, 3.8) is 0 Å². The molecule has 1 aromatic heterocycles. The smallest absolute Gasteiger partial charge is 0.466 e. The van der Waals surface area contributed by atoms with Crippen LogP contribution in [0.15, 0.2) is 24.3 Å². The third-order valence-corrected chi connectivity index (χ3v) is 7.03. The molecule has 3 N–H and O–H groups in total. The number of aromatic nitrogens is 1. The summed E-state index contributed by atoms with van der Waals surface area (Å²) >= 11 is 0. The maximum Gasteiger partial charge on any atom is 0.466 e. The Hall–Kier alpha value is -2.16. The molecule has 0 bridgehead atoms. The summed E-state index contributed by atoms with van der Waals surface area (Å²) in [7, 11) is -2.93. The lowest BCUT2D eigenvalue weighted by atomic mass is 9.66. The van der Waals surface area contributed by atoms with Gasteiger partial charge in [0.25, 0.3) is 0 Å². The molecule has 1 saturated heterocycles. The van der Waals surface area contributed by atoms with E-state index in [2.05, 4.69) is 34.6 Å². The van der Waals surface area contributed by atoms with Crippen LogP contribution in [0.5, 0.6) is 5.75 Å². The molecule has 0 unspecified atom stereocenters. The number of benzene rings is 1. The van der Waals surface area contributed by atoms with E-state index in [0.29, 0.717) is 18.3 Å². The number of hydrogen-bond donors (Lipinski definition) is 3. The predicted octanol–water partition coefficient (Wildman–Crippen LogP) is 3.23. The highest BCUT2D eigenvalue weighted by atomic mass is 31.2. The zero-order valence-electron chi connectivity index (χ0n) is 19.2. The van der Waals surface area contributed by atoms with Gasteiger partial charge in [-0.2, -0.15) is 0 Å². The SMILES string of the molecule is CCOC(=O)C1=C[C@]2(CC)CCCN3CCc4c(n1c1ccc(OC)cc41)[C@@H]32.O=P(O)(O)O. The minimum Gasteiger partial charge on any atom is -0.497 e. The zero-order chi connectivity index (χ0) is 24.0. The highest BCUT2D eigenvalue weighted by Crippen LogP contribution is 2.57. The average molecular weight is 478 g/mol. The van der Waals surface area contributed by atoms with Crippen LogP contribution in [0, 0.1) is 5.41 Å². The minimum atomic E-state index is -4.64. The normalized spacial score (nSPS) is 23.8. The van der Waals surface area contributed by atoms with Gasteiger partial charge in [-0.05, 0) is 69.0 Å². The van der Waals surface area contributed by atoms with E-state index >= 15 is 0 Å². The van der Waals surface area contributed by atoms with Gasteiger partial charge in [0.1, 0.15) is 11.4 Å². The van der Waals surface area contributed by atoms with Crippen LogP contribution in [0.4, 0.5) is 0 Å². The number of nitrogens with zero attached hydrogens (tertiary/aromatic N) is 2. The first-order valence-electron chi connectivity index (χ1n) is 11.3. The molecule has 3 aliphatic rings. The lowest BCUT2D eigenvalue weighted by Gasteiger charge is -2.53. The molecule has 180 valence electrons. The third-order valence-electron chi connectivity index (χ3n) is 7.03. The fourth-order valence-electron chi connectivity index (χ4n) is 5.79. The van der Waals surface area contributed by atoms with Crippen LogP contribution in [0.25, 0.3) is 16.6 Å². The number of phosphoric acid groups is 1. The monoisotopic (exact) mass is 478 g/mol. The summed E-state index contributed by atoms with van der Waals surface area (Å²) < 4.78 is 22.1. The molecule has 2 aromatic rings. The van der Waals surface area contributed by atoms with Crippen molar-refractivity contribution in [2.45, 2.75) is 45.6 Å². The van der Waals surface area contributed by atoms with E-state index in [4.69, 9.17) is 28.7 Å². The second-order valence-corrected chi connectivity index (χ2v) is 9.75. The van der Waals surface area contributed by atoms with Gasteiger partial charge in [-0.15, -0.1) is 0 Å². The van der Waals surface area contributed by atoms with E-state index in [1.54, 1.807) is 7.11 Å². The number of hydrogen-bond acceptors (Lipinski definition) is 5. The molecule has 10 heteroatoms. The number of esters is 1. The topological polar surface area (TPSA) is 121 Å². The summed E-state index contributed by atoms with van der Waals surface area (Å²) in [5.41, 5.74) is 4.47. The first-order chi connectivity index (χ1) is 15.6. The Morgan fingerprint density at radius 1 is 1.24 bits per heavy atom. The number of piperidine rings is 1. The molecule has 0 aliphatic carbocycles. The second kappa shape index (κ2) is 8.89. The lowest BCUT2D eigenvalue weighted by Crippen LogP contribution is -2.51. The number of carbonyl (C=O) groups excluding carboxylic acids is 1. The van der Waals surface area contributed by atoms with E-state index in [1.807, 2.05) is 13.0 Å². The molecule has 33 heavy (non-hydrogen) atoms. The van der Waals surface area contributed by atoms with Gasteiger partial charge in [0.15, 0.2) is 0 Å². The van der Waals surface area contributed by atoms with Crippen molar-refractivity contribution in [3.05, 3.63) is 35.5 Å². The van der Waals surface area contributed by atoms with Crippen LogP contribution in [0.2, 0.25) is 0 Å². The maximum atomic E-state index is 13.0. The summed E-state index contributed by atoms with van der Waals surface area (Å²) in [4.78, 5) is 37.2. The van der Waals surface area contributed by atoms with Crippen molar-refractivity contribution in [2.75, 3.05) is 26.8 Å². The standard InChI is InChI=1S/C23H28N2O3.H3O4P/c1-4-23-10-6-11-24-12-9-16-17-13-15(27-3)7-8-18(17)25(20(16)21(23)24)19(14-23)22(26)28-5-2;1-5(2,3)4/h7-8,13-14,21H,4-6,9-12H2,1-3H3;(H3,1,2,3,4)/t21-,23+;/m1./s1. The molecule has 1 fully saturated rings. The van der Waals surface area contributed by atoms with E-state index in [1.165, 1.54) is 23.1 Å². The Bertz CT molecular complexity index is 1140. The Morgan fingerprint density at radius 3 is 2.61 bits per heavy atom. The molecular formula is C23H31N2O7P. The molecule has 9 nitrogen and oxygen atoms in total. The molecule has 0 saturated carbocycles. The van der Waals surface area contributed by atoms with Gasteiger partial charge in [0.05, 0.1) is 25.3 Å². The van der Waals surface area contributed by atoms with Gasteiger partial charge >= 0.3 is 13.8 Å². The zero-order valence-corrected chi connectivity index (χ0v) is 20.0. The third kappa shape index (κ3) is 4.24. The Morgan fingerprint density at radius 2 is 1.97 bits per heavy atom. The molecule has 3 aliphatic heterocycles. The van der Waals surface area contributed by atoms with Crippen molar-refractivity contribution >= 4 is 30.4 Å². The number of carbonyl (C=O) groups is 1. The van der Waals surface area contributed by atoms with Crippen LogP contribution < -0.4 is 4.74 Å². The fourth-order valence-corrected chi connectivity index (χ4v) is 5.79. The largest absolute Gasteiger partial charge is 0.497 e. The maximum absolute atomic E-state index is 13.0. The molecular weight excluding hydrogens is 447 g/mol. The van der Waals surface area contributed by atoms with Gasteiger partial charge in [-0.25, -0.2) is 9.36 Å². The first kappa shape index (κ1) is 24.0. The summed E-state index contributed by atoms with van der Waals surface area (Å²) in [6.07, 6.45) is 6.59. The van der Waals surface area contributed by atoms with E-state index in [9.17, 15) is 4.79 Å². The van der Waals surface area contributed by atoms with Crippen molar-refractivity contribution in [2.24, 2.45) is 5.41 Å². The van der Waals surface area contributed by atoms with Gasteiger partial charge < -0.3 is 28.7 Å². The number of rotatable bonds is 4. The Balaban J connectivity index is 0.000000471. The Labute approximate surface area is 192 Å². The quantitative estimate of drug-likeness (QED) is 0.452. The summed E-state index contributed by atoms with van der Waals surface area (Å²) in [5.74, 6) is 0.646. The molecule has 4 heterocycles. The van der Waals surface area contributed by atoms with Gasteiger partial charge in [0, 0.05) is 23.0 Å². The molecule has 5 rings (SSSR count).